The zero-order valence-electron chi connectivity index (χ0n) is 16.5. The number of aromatic nitrogens is 2. The number of aryl methyl sites for hydroxylation is 1. The average Bonchev–Trinajstić information content (AvgIpc) is 3.43. The second kappa shape index (κ2) is 9.06. The molecule has 1 atom stereocenters. The third-order valence-corrected chi connectivity index (χ3v) is 6.53. The second-order valence-corrected chi connectivity index (χ2v) is 9.01. The summed E-state index contributed by atoms with van der Waals surface area (Å²) in [4.78, 5) is 27.5. The second-order valence-electron chi connectivity index (χ2n) is 7.12. The van der Waals surface area contributed by atoms with Crippen LogP contribution in [0.15, 0.2) is 53.0 Å². The summed E-state index contributed by atoms with van der Waals surface area (Å²) in [6, 6.07) is 14.9. The first-order chi connectivity index (χ1) is 14.5. The van der Waals surface area contributed by atoms with Gasteiger partial charge in [0.05, 0.1) is 0 Å². The molecule has 8 heteroatoms. The first-order valence-electron chi connectivity index (χ1n) is 9.85. The zero-order valence-corrected chi connectivity index (χ0v) is 18.9. The van der Waals surface area contributed by atoms with Crippen LogP contribution < -0.4 is 5.32 Å². The molecule has 3 aromatic rings. The van der Waals surface area contributed by atoms with Crippen LogP contribution in [0.1, 0.15) is 35.7 Å². The normalized spacial score (nSPS) is 15.9. The molecule has 1 unspecified atom stereocenters. The highest BCUT2D eigenvalue weighted by molar-refractivity contribution is 9.10. The van der Waals surface area contributed by atoms with Crippen LogP contribution in [0.4, 0.5) is 5.13 Å². The van der Waals surface area contributed by atoms with Crippen molar-refractivity contribution in [1.82, 2.24) is 15.1 Å². The Labute approximate surface area is 187 Å². The van der Waals surface area contributed by atoms with Crippen LogP contribution in [-0.2, 0) is 11.2 Å². The van der Waals surface area contributed by atoms with Gasteiger partial charge in [-0.05, 0) is 49.1 Å². The van der Waals surface area contributed by atoms with Gasteiger partial charge < -0.3 is 4.90 Å². The number of benzene rings is 2. The summed E-state index contributed by atoms with van der Waals surface area (Å²) in [5.74, 6) is -0.328. The molecule has 4 rings (SSSR count). The summed E-state index contributed by atoms with van der Waals surface area (Å²) in [6.07, 6.45) is 2.37. The Hall–Kier alpha value is -2.58. The topological polar surface area (TPSA) is 75.2 Å². The molecule has 0 aliphatic carbocycles. The molecule has 0 spiro atoms. The van der Waals surface area contributed by atoms with Crippen molar-refractivity contribution in [3.63, 3.8) is 0 Å². The molecule has 1 aromatic heterocycles. The standard InChI is InChI=1S/C22H21BrN4O2S/c1-2-14-8-10-15(11-9-14)21(29)27-12-4-7-18(27)19(28)24-22-26-25-20(30-22)16-5-3-6-17(23)13-16/h3,5-6,8-11,13,18H,2,4,7,12H2,1H3,(H,24,26,28). The molecule has 2 amide bonds. The molecular formula is C22H21BrN4O2S. The molecule has 2 heterocycles. The van der Waals surface area contributed by atoms with Gasteiger partial charge in [-0.3, -0.25) is 14.9 Å². The summed E-state index contributed by atoms with van der Waals surface area (Å²) in [5, 5.41) is 12.3. The van der Waals surface area contributed by atoms with Crippen LogP contribution >= 0.6 is 27.3 Å². The molecule has 30 heavy (non-hydrogen) atoms. The van der Waals surface area contributed by atoms with Gasteiger partial charge >= 0.3 is 0 Å². The van der Waals surface area contributed by atoms with E-state index in [4.69, 9.17) is 0 Å². The molecule has 1 saturated heterocycles. The lowest BCUT2D eigenvalue weighted by atomic mass is 10.1. The van der Waals surface area contributed by atoms with E-state index < -0.39 is 6.04 Å². The number of halogens is 1. The number of nitrogens with one attached hydrogen (secondary N) is 1. The summed E-state index contributed by atoms with van der Waals surface area (Å²) in [7, 11) is 0. The molecule has 0 bridgehead atoms. The van der Waals surface area contributed by atoms with Gasteiger partial charge in [-0.2, -0.15) is 0 Å². The molecule has 1 aliphatic heterocycles. The number of carbonyl (C=O) groups excluding carboxylic acids is 2. The molecular weight excluding hydrogens is 464 g/mol. The number of likely N-dealkylation sites (tertiary alicyclic amines) is 1. The summed E-state index contributed by atoms with van der Waals surface area (Å²) in [5.41, 5.74) is 2.72. The fourth-order valence-electron chi connectivity index (χ4n) is 3.53. The predicted octanol–water partition coefficient (Wildman–Crippen LogP) is 4.77. The Bertz CT molecular complexity index is 1070. The quantitative estimate of drug-likeness (QED) is 0.565. The molecule has 0 radical (unpaired) electrons. The summed E-state index contributed by atoms with van der Waals surface area (Å²) >= 11 is 4.76. The van der Waals surface area contributed by atoms with Gasteiger partial charge in [0.1, 0.15) is 11.0 Å². The van der Waals surface area contributed by atoms with Crippen molar-refractivity contribution in [2.75, 3.05) is 11.9 Å². The van der Waals surface area contributed by atoms with Crippen LogP contribution in [0.3, 0.4) is 0 Å². The maximum atomic E-state index is 13.0. The average molecular weight is 485 g/mol. The number of hydrogen-bond donors (Lipinski definition) is 1. The SMILES string of the molecule is CCc1ccc(C(=O)N2CCCC2C(=O)Nc2nnc(-c3cccc(Br)c3)s2)cc1. The van der Waals surface area contributed by atoms with Crippen LogP contribution in [0.5, 0.6) is 0 Å². The van der Waals surface area contributed by atoms with Gasteiger partial charge in [0.25, 0.3) is 5.91 Å². The number of carbonyl (C=O) groups is 2. The highest BCUT2D eigenvalue weighted by Crippen LogP contribution is 2.29. The Kier molecular flexibility index (Phi) is 6.24. The van der Waals surface area contributed by atoms with Gasteiger partial charge in [-0.1, -0.05) is 58.5 Å². The lowest BCUT2D eigenvalue weighted by Crippen LogP contribution is -2.43. The molecule has 1 aliphatic rings. The minimum absolute atomic E-state index is 0.109. The fourth-order valence-corrected chi connectivity index (χ4v) is 4.67. The highest BCUT2D eigenvalue weighted by atomic mass is 79.9. The van der Waals surface area contributed by atoms with E-state index >= 15 is 0 Å². The summed E-state index contributed by atoms with van der Waals surface area (Å²) < 4.78 is 0.952. The van der Waals surface area contributed by atoms with E-state index in [0.717, 1.165) is 27.9 Å². The minimum Gasteiger partial charge on any atom is -0.327 e. The minimum atomic E-state index is -0.499. The number of nitrogens with zero attached hydrogens (tertiary/aromatic N) is 3. The van der Waals surface area contributed by atoms with Crippen molar-refractivity contribution < 1.29 is 9.59 Å². The van der Waals surface area contributed by atoms with Gasteiger partial charge in [-0.15, -0.1) is 10.2 Å². The van der Waals surface area contributed by atoms with Crippen molar-refractivity contribution in [3.05, 3.63) is 64.1 Å². The van der Waals surface area contributed by atoms with Gasteiger partial charge in [-0.25, -0.2) is 0 Å². The number of amides is 2. The van der Waals surface area contributed by atoms with E-state index in [1.807, 2.05) is 48.5 Å². The molecule has 0 saturated carbocycles. The molecule has 2 aromatic carbocycles. The van der Waals surface area contributed by atoms with Gasteiger partial charge in [0.2, 0.25) is 11.0 Å². The largest absolute Gasteiger partial charge is 0.327 e. The Morgan fingerprint density at radius 1 is 1.20 bits per heavy atom. The van der Waals surface area contributed by atoms with E-state index in [1.165, 1.54) is 16.9 Å². The first kappa shape index (κ1) is 20.7. The van der Waals surface area contributed by atoms with Crippen LogP contribution in [0.25, 0.3) is 10.6 Å². The van der Waals surface area contributed by atoms with Crippen LogP contribution in [0.2, 0.25) is 0 Å². The molecule has 6 nitrogen and oxygen atoms in total. The van der Waals surface area contributed by atoms with Crippen molar-refractivity contribution in [1.29, 1.82) is 0 Å². The highest BCUT2D eigenvalue weighted by Gasteiger charge is 2.35. The van der Waals surface area contributed by atoms with Gasteiger partial charge in [0.15, 0.2) is 0 Å². The molecule has 1 N–H and O–H groups in total. The Morgan fingerprint density at radius 2 is 2.00 bits per heavy atom. The Balaban J connectivity index is 1.45. The molecule has 154 valence electrons. The maximum absolute atomic E-state index is 13.0. The van der Waals surface area contributed by atoms with E-state index in [9.17, 15) is 9.59 Å². The lowest BCUT2D eigenvalue weighted by Gasteiger charge is -2.23. The van der Waals surface area contributed by atoms with Crippen molar-refractivity contribution in [2.45, 2.75) is 32.2 Å². The lowest BCUT2D eigenvalue weighted by molar-refractivity contribution is -0.119. The van der Waals surface area contributed by atoms with E-state index in [0.29, 0.717) is 23.7 Å². The Morgan fingerprint density at radius 3 is 2.73 bits per heavy atom. The number of rotatable bonds is 5. The van der Waals surface area contributed by atoms with Crippen LogP contribution in [-0.4, -0.2) is 39.5 Å². The number of hydrogen-bond acceptors (Lipinski definition) is 5. The molecule has 1 fully saturated rings. The first-order valence-corrected chi connectivity index (χ1v) is 11.5. The fraction of sp³-hybridized carbons (Fsp3) is 0.273. The van der Waals surface area contributed by atoms with E-state index in [-0.39, 0.29) is 11.8 Å². The van der Waals surface area contributed by atoms with Crippen molar-refractivity contribution >= 4 is 44.2 Å². The number of anilines is 1. The third-order valence-electron chi connectivity index (χ3n) is 5.15. The van der Waals surface area contributed by atoms with Crippen LogP contribution in [0, 0.1) is 0 Å². The van der Waals surface area contributed by atoms with Crippen molar-refractivity contribution in [3.8, 4) is 10.6 Å². The third kappa shape index (κ3) is 4.44. The van der Waals surface area contributed by atoms with E-state index in [1.54, 1.807) is 4.90 Å². The monoisotopic (exact) mass is 484 g/mol. The van der Waals surface area contributed by atoms with Crippen molar-refractivity contribution in [2.24, 2.45) is 0 Å². The van der Waals surface area contributed by atoms with E-state index in [2.05, 4.69) is 38.4 Å². The summed E-state index contributed by atoms with van der Waals surface area (Å²) in [6.45, 7) is 2.65. The smallest absolute Gasteiger partial charge is 0.254 e. The zero-order chi connectivity index (χ0) is 21.1. The van der Waals surface area contributed by atoms with Gasteiger partial charge in [0, 0.05) is 22.1 Å². The maximum Gasteiger partial charge on any atom is 0.254 e. The predicted molar refractivity (Wildman–Crippen MR) is 122 cm³/mol.